The first-order valence-corrected chi connectivity index (χ1v) is 8.67. The topological polar surface area (TPSA) is 200 Å². The first-order chi connectivity index (χ1) is 12.5. The highest BCUT2D eigenvalue weighted by atomic mass is 16.2. The number of hydrazine groups is 1. The molecule has 0 heterocycles. The Morgan fingerprint density at radius 2 is 1.52 bits per heavy atom. The molecule has 0 aromatic rings. The Balaban J connectivity index is 5.26. The summed E-state index contributed by atoms with van der Waals surface area (Å²) in [7, 11) is 0. The van der Waals surface area contributed by atoms with Crippen molar-refractivity contribution in [1.82, 2.24) is 16.1 Å². The molecule has 0 aromatic heterocycles. The molecule has 4 amide bonds. The third-order valence-corrected chi connectivity index (χ3v) is 4.14. The van der Waals surface area contributed by atoms with Crippen molar-refractivity contribution >= 4 is 29.4 Å². The van der Waals surface area contributed by atoms with E-state index in [0.717, 1.165) is 0 Å². The molecular weight excluding hydrogens is 356 g/mol. The SMILES string of the molecule is CC[C@H](C)[C@H](N)C(=O)N[C@@H](CCC(N)=O)C(=O)N[C@@H](CC(C)=O)C(=O)NN. The van der Waals surface area contributed by atoms with Crippen LogP contribution in [0.1, 0.15) is 46.5 Å². The molecule has 11 heteroatoms. The zero-order chi connectivity index (χ0) is 21.1. The van der Waals surface area contributed by atoms with Crippen molar-refractivity contribution in [3.05, 3.63) is 0 Å². The highest BCUT2D eigenvalue weighted by molar-refractivity contribution is 5.95. The van der Waals surface area contributed by atoms with Crippen LogP contribution >= 0.6 is 0 Å². The van der Waals surface area contributed by atoms with Gasteiger partial charge in [0.2, 0.25) is 17.7 Å². The molecule has 0 saturated heterocycles. The first-order valence-electron chi connectivity index (χ1n) is 8.67. The van der Waals surface area contributed by atoms with Crippen molar-refractivity contribution in [2.24, 2.45) is 23.2 Å². The summed E-state index contributed by atoms with van der Waals surface area (Å²) >= 11 is 0. The second kappa shape index (κ2) is 12.0. The number of carbonyl (C=O) groups excluding carboxylic acids is 5. The fourth-order valence-corrected chi connectivity index (χ4v) is 2.21. The van der Waals surface area contributed by atoms with Crippen molar-refractivity contribution in [2.75, 3.05) is 0 Å². The zero-order valence-electron chi connectivity index (χ0n) is 15.9. The number of primary amides is 1. The normalized spacial score (nSPS) is 15.0. The molecule has 0 bridgehead atoms. The van der Waals surface area contributed by atoms with E-state index in [1.807, 2.05) is 12.3 Å². The molecule has 0 aliphatic rings. The van der Waals surface area contributed by atoms with Crippen LogP contribution in [-0.2, 0) is 24.0 Å². The lowest BCUT2D eigenvalue weighted by Crippen LogP contribution is -2.57. The van der Waals surface area contributed by atoms with Crippen molar-refractivity contribution < 1.29 is 24.0 Å². The van der Waals surface area contributed by atoms with E-state index in [1.54, 1.807) is 6.92 Å². The number of hydrogen-bond acceptors (Lipinski definition) is 7. The van der Waals surface area contributed by atoms with Crippen LogP contribution in [0.2, 0.25) is 0 Å². The summed E-state index contributed by atoms with van der Waals surface area (Å²) in [6.45, 7) is 4.91. The van der Waals surface area contributed by atoms with Crippen LogP contribution in [0.25, 0.3) is 0 Å². The van der Waals surface area contributed by atoms with E-state index in [4.69, 9.17) is 17.3 Å². The molecule has 0 aromatic carbocycles. The molecule has 9 N–H and O–H groups in total. The van der Waals surface area contributed by atoms with Crippen LogP contribution in [0.15, 0.2) is 0 Å². The summed E-state index contributed by atoms with van der Waals surface area (Å²) in [5.74, 6) is 1.83. The second-order valence-corrected chi connectivity index (χ2v) is 6.45. The fourth-order valence-electron chi connectivity index (χ4n) is 2.21. The molecule has 0 radical (unpaired) electrons. The van der Waals surface area contributed by atoms with Crippen LogP contribution in [0.5, 0.6) is 0 Å². The minimum atomic E-state index is -1.21. The van der Waals surface area contributed by atoms with Gasteiger partial charge < -0.3 is 22.1 Å². The lowest BCUT2D eigenvalue weighted by Gasteiger charge is -2.24. The Hall–Kier alpha value is -2.53. The Kier molecular flexibility index (Phi) is 10.8. The number of nitrogens with two attached hydrogens (primary N) is 3. The minimum Gasteiger partial charge on any atom is -0.370 e. The number of rotatable bonds is 12. The monoisotopic (exact) mass is 386 g/mol. The summed E-state index contributed by atoms with van der Waals surface area (Å²) in [5, 5.41) is 4.82. The molecule has 27 heavy (non-hydrogen) atoms. The molecule has 0 fully saturated rings. The molecule has 11 nitrogen and oxygen atoms in total. The predicted octanol–water partition coefficient (Wildman–Crippen LogP) is -2.44. The van der Waals surface area contributed by atoms with Crippen LogP contribution in [-0.4, -0.2) is 47.5 Å². The summed E-state index contributed by atoms with van der Waals surface area (Å²) in [6.07, 6.45) is 0.121. The van der Waals surface area contributed by atoms with Gasteiger partial charge in [-0.3, -0.25) is 29.4 Å². The van der Waals surface area contributed by atoms with Gasteiger partial charge in [-0.2, -0.15) is 0 Å². The summed E-state index contributed by atoms with van der Waals surface area (Å²) in [6, 6.07) is -3.21. The molecule has 0 aliphatic heterocycles. The lowest BCUT2D eigenvalue weighted by molar-refractivity contribution is -0.134. The van der Waals surface area contributed by atoms with E-state index in [1.165, 1.54) is 6.92 Å². The van der Waals surface area contributed by atoms with E-state index < -0.39 is 41.8 Å². The van der Waals surface area contributed by atoms with E-state index in [9.17, 15) is 24.0 Å². The molecule has 0 rings (SSSR count). The van der Waals surface area contributed by atoms with Crippen molar-refractivity contribution in [3.63, 3.8) is 0 Å². The van der Waals surface area contributed by atoms with Crippen molar-refractivity contribution in [1.29, 1.82) is 0 Å². The number of Topliss-reactive ketones (excluding diaryl/α,β-unsaturated/α-hetero) is 1. The Morgan fingerprint density at radius 3 is 1.96 bits per heavy atom. The first kappa shape index (κ1) is 24.5. The van der Waals surface area contributed by atoms with E-state index in [2.05, 4.69) is 10.6 Å². The molecule has 0 spiro atoms. The average Bonchev–Trinajstić information content (AvgIpc) is 2.61. The lowest BCUT2D eigenvalue weighted by atomic mass is 9.98. The highest BCUT2D eigenvalue weighted by Crippen LogP contribution is 2.07. The highest BCUT2D eigenvalue weighted by Gasteiger charge is 2.29. The molecule has 0 aliphatic carbocycles. The van der Waals surface area contributed by atoms with E-state index in [0.29, 0.717) is 6.42 Å². The van der Waals surface area contributed by atoms with Gasteiger partial charge in [0.05, 0.1) is 6.04 Å². The maximum absolute atomic E-state index is 12.5. The number of amides is 4. The predicted molar refractivity (Wildman–Crippen MR) is 97.3 cm³/mol. The van der Waals surface area contributed by atoms with E-state index in [-0.39, 0.29) is 31.0 Å². The third-order valence-electron chi connectivity index (χ3n) is 4.14. The Morgan fingerprint density at radius 1 is 0.963 bits per heavy atom. The Labute approximate surface area is 158 Å². The number of hydrogen-bond donors (Lipinski definition) is 6. The van der Waals surface area contributed by atoms with Crippen LogP contribution in [0, 0.1) is 5.92 Å². The standard InChI is InChI=1S/C16H30N6O5/c1-4-8(2)13(18)16(27)20-10(5-6-12(17)24)14(25)21-11(7-9(3)23)15(26)22-19/h8,10-11,13H,4-7,18-19H2,1-3H3,(H2,17,24)(H,20,27)(H,21,25)(H,22,26)/t8-,10-,11-,13-/m0/s1. The second-order valence-electron chi connectivity index (χ2n) is 6.45. The molecular formula is C16H30N6O5. The number of ketones is 1. The van der Waals surface area contributed by atoms with Crippen molar-refractivity contribution in [2.45, 2.75) is 64.6 Å². The maximum atomic E-state index is 12.5. The van der Waals surface area contributed by atoms with Gasteiger partial charge in [-0.1, -0.05) is 20.3 Å². The van der Waals surface area contributed by atoms with Gasteiger partial charge in [-0.15, -0.1) is 0 Å². The van der Waals surface area contributed by atoms with Gasteiger partial charge in [-0.25, -0.2) is 5.84 Å². The zero-order valence-corrected chi connectivity index (χ0v) is 15.9. The van der Waals surface area contributed by atoms with Crippen molar-refractivity contribution in [3.8, 4) is 0 Å². The fraction of sp³-hybridized carbons (Fsp3) is 0.688. The van der Waals surface area contributed by atoms with Crippen LogP contribution in [0.4, 0.5) is 0 Å². The number of carbonyl (C=O) groups is 5. The molecule has 154 valence electrons. The largest absolute Gasteiger partial charge is 0.370 e. The summed E-state index contributed by atoms with van der Waals surface area (Å²) in [5.41, 5.74) is 12.8. The third kappa shape index (κ3) is 9.11. The quantitative estimate of drug-likeness (QED) is 0.121. The molecule has 0 saturated carbocycles. The van der Waals surface area contributed by atoms with Gasteiger partial charge in [-0.05, 0) is 19.3 Å². The summed E-state index contributed by atoms with van der Waals surface area (Å²) < 4.78 is 0. The van der Waals surface area contributed by atoms with Gasteiger partial charge in [0.1, 0.15) is 17.9 Å². The van der Waals surface area contributed by atoms with Gasteiger partial charge >= 0.3 is 0 Å². The van der Waals surface area contributed by atoms with Crippen LogP contribution < -0.4 is 33.4 Å². The molecule has 4 atom stereocenters. The van der Waals surface area contributed by atoms with Gasteiger partial charge in [0.25, 0.3) is 5.91 Å². The number of nitrogens with one attached hydrogen (secondary N) is 3. The average molecular weight is 386 g/mol. The smallest absolute Gasteiger partial charge is 0.256 e. The minimum absolute atomic E-state index is 0.0861. The van der Waals surface area contributed by atoms with Gasteiger partial charge in [0, 0.05) is 12.8 Å². The van der Waals surface area contributed by atoms with Gasteiger partial charge in [0.15, 0.2) is 0 Å². The van der Waals surface area contributed by atoms with Crippen LogP contribution in [0.3, 0.4) is 0 Å². The van der Waals surface area contributed by atoms with E-state index >= 15 is 0 Å². The maximum Gasteiger partial charge on any atom is 0.256 e. The summed E-state index contributed by atoms with van der Waals surface area (Å²) in [4.78, 5) is 58.9. The Bertz CT molecular complexity index is 568. The molecule has 0 unspecified atom stereocenters.